The van der Waals surface area contributed by atoms with E-state index >= 15 is 0 Å². The highest BCUT2D eigenvalue weighted by Crippen LogP contribution is 2.28. The highest BCUT2D eigenvalue weighted by atomic mass is 32.1. The van der Waals surface area contributed by atoms with Crippen LogP contribution in [-0.2, 0) is 6.54 Å². The van der Waals surface area contributed by atoms with Crippen LogP contribution in [0.15, 0.2) is 42.5 Å². The molecule has 0 unspecified atom stereocenters. The van der Waals surface area contributed by atoms with E-state index in [9.17, 15) is 19.3 Å². The molecule has 1 amide bonds. The third kappa shape index (κ3) is 3.26. The van der Waals surface area contributed by atoms with Crippen LogP contribution in [0.4, 0.5) is 10.1 Å². The maximum absolute atomic E-state index is 13.2. The summed E-state index contributed by atoms with van der Waals surface area (Å²) in [6, 6.07) is 10.8. The summed E-state index contributed by atoms with van der Waals surface area (Å²) in [4.78, 5) is 23.1. The van der Waals surface area contributed by atoms with E-state index in [0.29, 0.717) is 15.8 Å². The van der Waals surface area contributed by atoms with Gasteiger partial charge in [-0.1, -0.05) is 12.1 Å². The number of carbonyl (C=O) groups is 1. The van der Waals surface area contributed by atoms with Crippen LogP contribution in [0.2, 0.25) is 0 Å². The van der Waals surface area contributed by atoms with Crippen LogP contribution >= 0.6 is 11.3 Å². The summed E-state index contributed by atoms with van der Waals surface area (Å²) in [6.07, 6.45) is 0. The number of rotatable bonds is 4. The number of halogens is 1. The summed E-state index contributed by atoms with van der Waals surface area (Å²) < 4.78 is 14.0. The first-order valence-corrected chi connectivity index (χ1v) is 7.97. The molecule has 7 heteroatoms. The van der Waals surface area contributed by atoms with E-state index in [1.165, 1.54) is 29.5 Å². The third-order valence-corrected chi connectivity index (χ3v) is 4.72. The SMILES string of the molecule is Cc1cc(CNC(=O)c2cc3cc([N+](=O)[O-])ccc3s2)ccc1F. The summed E-state index contributed by atoms with van der Waals surface area (Å²) in [5.74, 6) is -0.544. The predicted molar refractivity (Wildman–Crippen MR) is 90.8 cm³/mol. The summed E-state index contributed by atoms with van der Waals surface area (Å²) in [6.45, 7) is 1.95. The fraction of sp³-hybridized carbons (Fsp3) is 0.118. The lowest BCUT2D eigenvalue weighted by Crippen LogP contribution is -2.21. The summed E-state index contributed by atoms with van der Waals surface area (Å²) in [5.41, 5.74) is 1.32. The second-order valence-electron chi connectivity index (χ2n) is 5.36. The first-order valence-electron chi connectivity index (χ1n) is 7.15. The second-order valence-corrected chi connectivity index (χ2v) is 6.44. The fourth-order valence-corrected chi connectivity index (χ4v) is 3.30. The molecule has 1 N–H and O–H groups in total. The van der Waals surface area contributed by atoms with E-state index in [1.807, 2.05) is 0 Å². The van der Waals surface area contributed by atoms with Gasteiger partial charge in [-0.05, 0) is 36.2 Å². The van der Waals surface area contributed by atoms with Crippen molar-refractivity contribution in [3.63, 3.8) is 0 Å². The number of aryl methyl sites for hydroxylation is 1. The van der Waals surface area contributed by atoms with Gasteiger partial charge in [0.25, 0.3) is 11.6 Å². The average molecular weight is 344 g/mol. The topological polar surface area (TPSA) is 72.2 Å². The molecular weight excluding hydrogens is 331 g/mol. The Hall–Kier alpha value is -2.80. The van der Waals surface area contributed by atoms with Gasteiger partial charge in [-0.3, -0.25) is 14.9 Å². The summed E-state index contributed by atoms with van der Waals surface area (Å²) in [5, 5.41) is 14.2. The molecule has 0 atom stereocenters. The van der Waals surface area contributed by atoms with Gasteiger partial charge in [0.2, 0.25) is 0 Å². The van der Waals surface area contributed by atoms with E-state index in [4.69, 9.17) is 0 Å². The number of nitro groups is 1. The van der Waals surface area contributed by atoms with E-state index in [1.54, 1.807) is 31.2 Å². The van der Waals surface area contributed by atoms with Gasteiger partial charge in [0, 0.05) is 28.8 Å². The molecule has 5 nitrogen and oxygen atoms in total. The Kier molecular flexibility index (Phi) is 4.26. The standard InChI is InChI=1S/C17H13FN2O3S/c1-10-6-11(2-4-14(10)18)9-19-17(21)16-8-12-7-13(20(22)23)3-5-15(12)24-16/h2-8H,9H2,1H3,(H,19,21). The third-order valence-electron chi connectivity index (χ3n) is 3.61. The Labute approximate surface area is 140 Å². The van der Waals surface area contributed by atoms with Crippen molar-refractivity contribution < 1.29 is 14.1 Å². The van der Waals surface area contributed by atoms with Crippen molar-refractivity contribution in [2.45, 2.75) is 13.5 Å². The summed E-state index contributed by atoms with van der Waals surface area (Å²) >= 11 is 1.27. The smallest absolute Gasteiger partial charge is 0.270 e. The lowest BCUT2D eigenvalue weighted by Gasteiger charge is -2.05. The predicted octanol–water partition coefficient (Wildman–Crippen LogP) is 4.19. The highest BCUT2D eigenvalue weighted by Gasteiger charge is 2.13. The lowest BCUT2D eigenvalue weighted by atomic mass is 10.1. The molecule has 0 radical (unpaired) electrons. The van der Waals surface area contributed by atoms with Gasteiger partial charge in [0.15, 0.2) is 0 Å². The molecule has 0 aliphatic carbocycles. The van der Waals surface area contributed by atoms with Crippen molar-refractivity contribution in [3.8, 4) is 0 Å². The van der Waals surface area contributed by atoms with Gasteiger partial charge >= 0.3 is 0 Å². The Morgan fingerprint density at radius 2 is 2.04 bits per heavy atom. The van der Waals surface area contributed by atoms with Gasteiger partial charge in [-0.2, -0.15) is 0 Å². The van der Waals surface area contributed by atoms with Crippen molar-refractivity contribution in [3.05, 3.63) is 74.4 Å². The molecule has 0 saturated carbocycles. The number of nitrogens with one attached hydrogen (secondary N) is 1. The monoisotopic (exact) mass is 344 g/mol. The molecule has 3 aromatic rings. The second kappa shape index (κ2) is 6.37. The molecule has 0 fully saturated rings. The Bertz CT molecular complexity index is 952. The van der Waals surface area contributed by atoms with Crippen molar-refractivity contribution in [1.82, 2.24) is 5.32 Å². The normalized spacial score (nSPS) is 10.8. The van der Waals surface area contributed by atoms with Crippen LogP contribution in [0.25, 0.3) is 10.1 Å². The van der Waals surface area contributed by atoms with E-state index in [-0.39, 0.29) is 24.0 Å². The van der Waals surface area contributed by atoms with Crippen molar-refractivity contribution in [2.75, 3.05) is 0 Å². The first kappa shape index (κ1) is 16.1. The molecule has 2 aromatic carbocycles. The maximum atomic E-state index is 13.2. The summed E-state index contributed by atoms with van der Waals surface area (Å²) in [7, 11) is 0. The van der Waals surface area contributed by atoms with Gasteiger partial charge in [0.1, 0.15) is 5.82 Å². The van der Waals surface area contributed by atoms with E-state index in [0.717, 1.165) is 10.3 Å². The molecule has 0 spiro atoms. The molecule has 0 aliphatic heterocycles. The minimum absolute atomic E-state index is 0.00551. The lowest BCUT2D eigenvalue weighted by molar-refractivity contribution is -0.384. The number of non-ortho nitro benzene ring substituents is 1. The van der Waals surface area contributed by atoms with Crippen LogP contribution < -0.4 is 5.32 Å². The Morgan fingerprint density at radius 1 is 1.25 bits per heavy atom. The number of nitro benzene ring substituents is 1. The number of hydrogen-bond donors (Lipinski definition) is 1. The Balaban J connectivity index is 1.75. The van der Waals surface area contributed by atoms with Crippen LogP contribution in [0.1, 0.15) is 20.8 Å². The zero-order valence-corrected chi connectivity index (χ0v) is 13.5. The minimum atomic E-state index is -0.465. The number of nitrogens with zero attached hydrogens (tertiary/aromatic N) is 1. The van der Waals surface area contributed by atoms with Crippen molar-refractivity contribution in [2.24, 2.45) is 0 Å². The molecule has 0 bridgehead atoms. The van der Waals surface area contributed by atoms with Crippen molar-refractivity contribution >= 4 is 33.0 Å². The van der Waals surface area contributed by atoms with Gasteiger partial charge in [0.05, 0.1) is 9.80 Å². The molecule has 122 valence electrons. The van der Waals surface area contributed by atoms with Crippen LogP contribution in [-0.4, -0.2) is 10.8 Å². The minimum Gasteiger partial charge on any atom is -0.347 e. The number of fused-ring (bicyclic) bond motifs is 1. The molecule has 1 heterocycles. The van der Waals surface area contributed by atoms with Crippen LogP contribution in [0.3, 0.4) is 0 Å². The molecule has 0 aliphatic rings. The van der Waals surface area contributed by atoms with E-state index < -0.39 is 4.92 Å². The molecular formula is C17H13FN2O3S. The van der Waals surface area contributed by atoms with Gasteiger partial charge in [-0.25, -0.2) is 4.39 Å². The average Bonchev–Trinajstić information content (AvgIpc) is 2.98. The highest BCUT2D eigenvalue weighted by molar-refractivity contribution is 7.20. The molecule has 24 heavy (non-hydrogen) atoms. The van der Waals surface area contributed by atoms with Crippen LogP contribution in [0, 0.1) is 22.9 Å². The quantitative estimate of drug-likeness (QED) is 0.570. The Morgan fingerprint density at radius 3 is 2.75 bits per heavy atom. The first-order chi connectivity index (χ1) is 11.4. The van der Waals surface area contributed by atoms with Crippen molar-refractivity contribution in [1.29, 1.82) is 0 Å². The van der Waals surface area contributed by atoms with Gasteiger partial charge < -0.3 is 5.32 Å². The zero-order chi connectivity index (χ0) is 17.3. The largest absolute Gasteiger partial charge is 0.347 e. The molecule has 3 rings (SSSR count). The molecule has 0 saturated heterocycles. The number of thiophene rings is 1. The van der Waals surface area contributed by atoms with Gasteiger partial charge in [-0.15, -0.1) is 11.3 Å². The zero-order valence-electron chi connectivity index (χ0n) is 12.7. The maximum Gasteiger partial charge on any atom is 0.270 e. The van der Waals surface area contributed by atoms with Crippen LogP contribution in [0.5, 0.6) is 0 Å². The number of carbonyl (C=O) groups excluding carboxylic acids is 1. The number of amides is 1. The van der Waals surface area contributed by atoms with E-state index in [2.05, 4.69) is 5.32 Å². The molecule has 1 aromatic heterocycles. The number of hydrogen-bond acceptors (Lipinski definition) is 4. The number of benzene rings is 2. The fourth-order valence-electron chi connectivity index (χ4n) is 2.34.